The minimum atomic E-state index is -0.109. The number of hydrogen-bond donors (Lipinski definition) is 3. The molecular weight excluding hydrogens is 424 g/mol. The number of nitrogens with zero attached hydrogens (tertiary/aromatic N) is 1. The van der Waals surface area contributed by atoms with Crippen molar-refractivity contribution in [3.05, 3.63) is 88.6 Å². The van der Waals surface area contributed by atoms with Gasteiger partial charge in [0.2, 0.25) is 0 Å². The minimum absolute atomic E-state index is 0.109. The molecule has 6 heteroatoms. The fraction of sp³-hybridized carbons (Fsp3) is 0.250. The molecule has 174 valence electrons. The first-order chi connectivity index (χ1) is 16.5. The zero-order valence-corrected chi connectivity index (χ0v) is 19.7. The predicted molar refractivity (Wildman–Crippen MR) is 138 cm³/mol. The van der Waals surface area contributed by atoms with Crippen molar-refractivity contribution < 1.29 is 9.53 Å². The number of methoxy groups -OCH3 is 1. The Bertz CT molecular complexity index is 1260. The molecule has 2 aliphatic rings. The smallest absolute Gasteiger partial charge is 0.258 e. The number of nitrogens with two attached hydrogens (primary N) is 1. The molecule has 5 rings (SSSR count). The third-order valence-corrected chi connectivity index (χ3v) is 6.66. The van der Waals surface area contributed by atoms with Gasteiger partial charge in [-0.2, -0.15) is 0 Å². The Hall–Kier alpha value is -3.77. The maximum atomic E-state index is 12.5. The van der Waals surface area contributed by atoms with Crippen LogP contribution in [0.4, 0.5) is 17.1 Å². The molecule has 3 aromatic carbocycles. The van der Waals surface area contributed by atoms with Crippen LogP contribution in [-0.4, -0.2) is 31.0 Å². The summed E-state index contributed by atoms with van der Waals surface area (Å²) < 4.78 is 5.39. The third-order valence-electron chi connectivity index (χ3n) is 6.66. The topological polar surface area (TPSA) is 79.6 Å². The lowest BCUT2D eigenvalue weighted by molar-refractivity contribution is -0.110. The summed E-state index contributed by atoms with van der Waals surface area (Å²) in [6.07, 6.45) is 2.09. The number of allylic oxidation sites excluding steroid dienone is 1. The molecule has 0 saturated carbocycles. The van der Waals surface area contributed by atoms with Gasteiger partial charge in [-0.15, -0.1) is 0 Å². The summed E-state index contributed by atoms with van der Waals surface area (Å²) in [7, 11) is 1.72. The third kappa shape index (κ3) is 4.50. The van der Waals surface area contributed by atoms with Crippen LogP contribution in [0, 0.1) is 0 Å². The number of amides is 1. The molecule has 0 atom stereocenters. The first-order valence-electron chi connectivity index (χ1n) is 11.7. The monoisotopic (exact) mass is 454 g/mol. The van der Waals surface area contributed by atoms with E-state index in [0.29, 0.717) is 11.3 Å². The summed E-state index contributed by atoms with van der Waals surface area (Å²) in [6.45, 7) is 4.91. The van der Waals surface area contributed by atoms with Gasteiger partial charge in [0.1, 0.15) is 5.75 Å². The molecule has 2 heterocycles. The van der Waals surface area contributed by atoms with Gasteiger partial charge in [0.15, 0.2) is 0 Å². The zero-order chi connectivity index (χ0) is 23.7. The highest BCUT2D eigenvalue weighted by Crippen LogP contribution is 2.35. The van der Waals surface area contributed by atoms with Crippen LogP contribution in [0.25, 0.3) is 5.57 Å². The van der Waals surface area contributed by atoms with E-state index in [1.54, 1.807) is 13.2 Å². The minimum Gasteiger partial charge on any atom is -0.497 e. The molecule has 0 aliphatic carbocycles. The molecule has 0 saturated heterocycles. The number of rotatable bonds is 5. The number of nitrogen functional groups attached to an aromatic ring is 1. The second kappa shape index (κ2) is 9.23. The number of ether oxygens (including phenoxy) is 1. The van der Waals surface area contributed by atoms with E-state index in [9.17, 15) is 4.79 Å². The lowest BCUT2D eigenvalue weighted by atomic mass is 10.0. The largest absolute Gasteiger partial charge is 0.497 e. The van der Waals surface area contributed by atoms with E-state index in [4.69, 9.17) is 10.5 Å². The maximum absolute atomic E-state index is 12.5. The van der Waals surface area contributed by atoms with Crippen LogP contribution in [0.15, 0.2) is 66.4 Å². The highest BCUT2D eigenvalue weighted by Gasteiger charge is 2.26. The highest BCUT2D eigenvalue weighted by atomic mass is 16.5. The van der Waals surface area contributed by atoms with Crippen molar-refractivity contribution in [2.75, 3.05) is 36.6 Å². The normalized spacial score (nSPS) is 16.8. The number of nitrogens with one attached hydrogen (secondary N) is 2. The van der Waals surface area contributed by atoms with Crippen LogP contribution in [0.3, 0.4) is 0 Å². The standard InChI is InChI=1S/C28H30N4O2/c1-18(27-25-16-22(29)6-10-26(25)31-28(27)33)30-23-7-3-19(4-8-23)17-32-13-11-20-5-9-24(34-2)15-21(20)12-14-32/h3-10,15-16,30H,11-14,17,29H2,1-2H3,(H,31,33)/b27-18-. The van der Waals surface area contributed by atoms with E-state index in [0.717, 1.165) is 60.9 Å². The van der Waals surface area contributed by atoms with E-state index in [2.05, 4.69) is 58.0 Å². The molecule has 4 N–H and O–H groups in total. The van der Waals surface area contributed by atoms with Crippen LogP contribution in [0.2, 0.25) is 0 Å². The zero-order valence-electron chi connectivity index (χ0n) is 19.7. The molecule has 2 aliphatic heterocycles. The molecule has 6 nitrogen and oxygen atoms in total. The molecule has 0 fully saturated rings. The summed E-state index contributed by atoms with van der Waals surface area (Å²) in [6, 6.07) is 20.4. The number of carbonyl (C=O) groups excluding carboxylic acids is 1. The van der Waals surface area contributed by atoms with Crippen molar-refractivity contribution in [3.63, 3.8) is 0 Å². The molecule has 1 amide bonds. The summed E-state index contributed by atoms with van der Waals surface area (Å²) in [5.74, 6) is 0.824. The fourth-order valence-electron chi connectivity index (χ4n) is 4.82. The number of benzene rings is 3. The summed E-state index contributed by atoms with van der Waals surface area (Å²) in [5.41, 5.74) is 14.7. The van der Waals surface area contributed by atoms with Gasteiger partial charge < -0.3 is 21.1 Å². The summed E-state index contributed by atoms with van der Waals surface area (Å²) >= 11 is 0. The Labute approximate surface area is 200 Å². The fourth-order valence-corrected chi connectivity index (χ4v) is 4.82. The average molecular weight is 455 g/mol. The Morgan fingerprint density at radius 1 is 1.03 bits per heavy atom. The van der Waals surface area contributed by atoms with Crippen LogP contribution in [-0.2, 0) is 24.2 Å². The van der Waals surface area contributed by atoms with Gasteiger partial charge in [-0.05, 0) is 78.9 Å². The van der Waals surface area contributed by atoms with Crippen molar-refractivity contribution in [1.82, 2.24) is 4.90 Å². The Morgan fingerprint density at radius 3 is 2.56 bits per heavy atom. The molecular formula is C28H30N4O2. The second-order valence-corrected chi connectivity index (χ2v) is 8.99. The van der Waals surface area contributed by atoms with E-state index < -0.39 is 0 Å². The van der Waals surface area contributed by atoms with Crippen molar-refractivity contribution in [2.45, 2.75) is 26.3 Å². The molecule has 0 unspecified atom stereocenters. The van der Waals surface area contributed by atoms with Crippen LogP contribution in [0.1, 0.15) is 29.2 Å². The van der Waals surface area contributed by atoms with Crippen molar-refractivity contribution in [3.8, 4) is 5.75 Å². The van der Waals surface area contributed by atoms with Gasteiger partial charge in [-0.25, -0.2) is 0 Å². The van der Waals surface area contributed by atoms with Crippen LogP contribution >= 0.6 is 0 Å². The molecule has 0 aromatic heterocycles. The van der Waals surface area contributed by atoms with Crippen molar-refractivity contribution >= 4 is 28.5 Å². The van der Waals surface area contributed by atoms with Gasteiger partial charge in [-0.1, -0.05) is 18.2 Å². The van der Waals surface area contributed by atoms with Crippen LogP contribution < -0.4 is 21.1 Å². The Morgan fingerprint density at radius 2 is 1.79 bits per heavy atom. The molecule has 0 radical (unpaired) electrons. The maximum Gasteiger partial charge on any atom is 0.258 e. The van der Waals surface area contributed by atoms with E-state index in [-0.39, 0.29) is 5.91 Å². The quantitative estimate of drug-likeness (QED) is 0.386. The summed E-state index contributed by atoms with van der Waals surface area (Å²) in [5, 5.41) is 6.30. The van der Waals surface area contributed by atoms with Gasteiger partial charge in [-0.3, -0.25) is 9.69 Å². The lowest BCUT2D eigenvalue weighted by Crippen LogP contribution is -2.25. The van der Waals surface area contributed by atoms with Crippen molar-refractivity contribution in [1.29, 1.82) is 0 Å². The number of hydrogen-bond acceptors (Lipinski definition) is 5. The highest BCUT2D eigenvalue weighted by molar-refractivity contribution is 6.32. The van der Waals surface area contributed by atoms with E-state index in [1.165, 1.54) is 16.7 Å². The van der Waals surface area contributed by atoms with Gasteiger partial charge in [0, 0.05) is 48.0 Å². The van der Waals surface area contributed by atoms with Gasteiger partial charge >= 0.3 is 0 Å². The first kappa shape index (κ1) is 22.0. The number of fused-ring (bicyclic) bond motifs is 2. The summed E-state index contributed by atoms with van der Waals surface area (Å²) in [4.78, 5) is 15.0. The Kier molecular flexibility index (Phi) is 5.99. The first-order valence-corrected chi connectivity index (χ1v) is 11.7. The number of anilines is 3. The second-order valence-electron chi connectivity index (χ2n) is 8.99. The Balaban J connectivity index is 1.25. The van der Waals surface area contributed by atoms with Crippen molar-refractivity contribution in [2.24, 2.45) is 0 Å². The SMILES string of the molecule is COc1ccc2c(c1)CCN(Cc1ccc(N/C(C)=C3\C(=O)Nc4ccc(N)cc43)cc1)CC2. The van der Waals surface area contributed by atoms with E-state index in [1.807, 2.05) is 19.1 Å². The van der Waals surface area contributed by atoms with E-state index >= 15 is 0 Å². The van der Waals surface area contributed by atoms with Crippen LogP contribution in [0.5, 0.6) is 5.75 Å². The molecule has 34 heavy (non-hydrogen) atoms. The molecule has 0 bridgehead atoms. The predicted octanol–water partition coefficient (Wildman–Crippen LogP) is 4.67. The van der Waals surface area contributed by atoms with Gasteiger partial charge in [0.25, 0.3) is 5.91 Å². The lowest BCUT2D eigenvalue weighted by Gasteiger charge is -2.20. The average Bonchev–Trinajstić information content (AvgIpc) is 3.03. The van der Waals surface area contributed by atoms with Gasteiger partial charge in [0.05, 0.1) is 12.7 Å². The number of carbonyl (C=O) groups is 1. The molecule has 0 spiro atoms. The molecule has 3 aromatic rings.